The van der Waals surface area contributed by atoms with E-state index in [0.717, 1.165) is 34.8 Å². The molecule has 1 heterocycles. The zero-order valence-corrected chi connectivity index (χ0v) is 14.4. The van der Waals surface area contributed by atoms with Crippen LogP contribution in [0.25, 0.3) is 5.69 Å². The van der Waals surface area contributed by atoms with Crippen molar-refractivity contribution in [2.45, 2.75) is 25.7 Å². The summed E-state index contributed by atoms with van der Waals surface area (Å²) in [5.41, 5.74) is 4.79. The number of fused-ring (bicyclic) bond motifs is 1. The third kappa shape index (κ3) is 2.74. The van der Waals surface area contributed by atoms with Gasteiger partial charge in [0.2, 0.25) is 0 Å². The van der Waals surface area contributed by atoms with E-state index in [1.165, 1.54) is 5.56 Å². The van der Waals surface area contributed by atoms with Crippen LogP contribution >= 0.6 is 0 Å². The molecule has 0 saturated carbocycles. The Morgan fingerprint density at radius 2 is 1.76 bits per heavy atom. The van der Waals surface area contributed by atoms with Crippen LogP contribution in [0.2, 0.25) is 0 Å². The van der Waals surface area contributed by atoms with E-state index in [-0.39, 0.29) is 11.7 Å². The van der Waals surface area contributed by atoms with E-state index in [9.17, 15) is 4.79 Å². The highest BCUT2D eigenvalue weighted by atomic mass is 16.5. The lowest BCUT2D eigenvalue weighted by Crippen LogP contribution is -2.20. The minimum absolute atomic E-state index is 0.171. The Morgan fingerprint density at radius 1 is 1.04 bits per heavy atom. The Balaban J connectivity index is 1.75. The van der Waals surface area contributed by atoms with Crippen molar-refractivity contribution in [1.29, 1.82) is 0 Å². The number of aryl methyl sites for hydroxylation is 1. The maximum atomic E-state index is 12.8. The molecule has 0 unspecified atom stereocenters. The van der Waals surface area contributed by atoms with Crippen molar-refractivity contribution in [3.8, 4) is 11.4 Å². The second-order valence-electron chi connectivity index (χ2n) is 6.46. The molecule has 25 heavy (non-hydrogen) atoms. The molecule has 1 aromatic heterocycles. The topological polar surface area (TPSA) is 44.1 Å². The van der Waals surface area contributed by atoms with Crippen LogP contribution in [0.3, 0.4) is 0 Å². The Kier molecular flexibility index (Phi) is 3.88. The minimum Gasteiger partial charge on any atom is -0.497 e. The molecule has 126 valence electrons. The Bertz CT molecular complexity index is 911. The van der Waals surface area contributed by atoms with Crippen LogP contribution in [-0.4, -0.2) is 22.7 Å². The smallest absolute Gasteiger partial charge is 0.167 e. The average Bonchev–Trinajstić information content (AvgIpc) is 2.99. The number of hydrogen-bond donors (Lipinski definition) is 0. The number of para-hydroxylation sites is 1. The molecule has 2 aromatic carbocycles. The lowest BCUT2D eigenvalue weighted by Gasteiger charge is -2.23. The van der Waals surface area contributed by atoms with Gasteiger partial charge >= 0.3 is 0 Å². The number of nitrogens with zero attached hydrogens (tertiary/aromatic N) is 2. The summed E-state index contributed by atoms with van der Waals surface area (Å²) in [6.07, 6.45) is 1.34. The summed E-state index contributed by atoms with van der Waals surface area (Å²) in [5.74, 6) is 1.18. The van der Waals surface area contributed by atoms with E-state index >= 15 is 0 Å². The zero-order valence-electron chi connectivity index (χ0n) is 14.4. The molecule has 1 aliphatic carbocycles. The molecule has 0 bridgehead atoms. The standard InChI is InChI=1S/C21H20N2O2/c1-14-21-19(23(22-14)17-6-4-3-5-7-17)12-16(13-20(21)24)15-8-10-18(25-2)11-9-15/h3-11,16H,12-13H2,1-2H3/t16-/m0/s1. The average molecular weight is 332 g/mol. The van der Waals surface area contributed by atoms with Crippen molar-refractivity contribution in [3.63, 3.8) is 0 Å². The van der Waals surface area contributed by atoms with Crippen LogP contribution in [-0.2, 0) is 6.42 Å². The molecule has 0 radical (unpaired) electrons. The normalized spacial score (nSPS) is 16.6. The van der Waals surface area contributed by atoms with Crippen molar-refractivity contribution < 1.29 is 9.53 Å². The van der Waals surface area contributed by atoms with Crippen LogP contribution in [0, 0.1) is 6.92 Å². The van der Waals surface area contributed by atoms with Gasteiger partial charge in [-0.25, -0.2) is 4.68 Å². The quantitative estimate of drug-likeness (QED) is 0.725. The Labute approximate surface area is 147 Å². The van der Waals surface area contributed by atoms with Gasteiger partial charge < -0.3 is 4.74 Å². The number of benzene rings is 2. The first-order valence-electron chi connectivity index (χ1n) is 8.48. The fourth-order valence-electron chi connectivity index (χ4n) is 3.65. The molecule has 4 rings (SSSR count). The third-order valence-electron chi connectivity index (χ3n) is 4.89. The third-order valence-corrected chi connectivity index (χ3v) is 4.89. The van der Waals surface area contributed by atoms with E-state index in [1.54, 1.807) is 7.11 Å². The van der Waals surface area contributed by atoms with Crippen LogP contribution in [0.1, 0.15) is 39.6 Å². The van der Waals surface area contributed by atoms with Crippen molar-refractivity contribution in [2.24, 2.45) is 0 Å². The van der Waals surface area contributed by atoms with E-state index in [4.69, 9.17) is 4.74 Å². The number of aromatic nitrogens is 2. The van der Waals surface area contributed by atoms with E-state index < -0.39 is 0 Å². The van der Waals surface area contributed by atoms with Gasteiger partial charge in [0.15, 0.2) is 5.78 Å². The second kappa shape index (κ2) is 6.20. The number of hydrogen-bond acceptors (Lipinski definition) is 3. The van der Waals surface area contributed by atoms with Gasteiger partial charge in [0.25, 0.3) is 0 Å². The molecule has 0 fully saturated rings. The van der Waals surface area contributed by atoms with Crippen molar-refractivity contribution in [2.75, 3.05) is 7.11 Å². The summed E-state index contributed by atoms with van der Waals surface area (Å²) < 4.78 is 7.16. The summed E-state index contributed by atoms with van der Waals surface area (Å²) in [5, 5.41) is 4.64. The zero-order chi connectivity index (χ0) is 17.4. The van der Waals surface area contributed by atoms with Crippen molar-refractivity contribution >= 4 is 5.78 Å². The summed E-state index contributed by atoms with van der Waals surface area (Å²) in [4.78, 5) is 12.8. The molecule has 0 saturated heterocycles. The highest BCUT2D eigenvalue weighted by Crippen LogP contribution is 2.35. The number of ketones is 1. The number of rotatable bonds is 3. The Hall–Kier alpha value is -2.88. The van der Waals surface area contributed by atoms with Crippen molar-refractivity contribution in [1.82, 2.24) is 9.78 Å². The van der Waals surface area contributed by atoms with Gasteiger partial charge in [0, 0.05) is 6.42 Å². The molecule has 1 atom stereocenters. The molecule has 0 aliphatic heterocycles. The molecule has 0 spiro atoms. The van der Waals surface area contributed by atoms with Crippen LogP contribution in [0.4, 0.5) is 0 Å². The van der Waals surface area contributed by atoms with Gasteiger partial charge in [-0.3, -0.25) is 4.79 Å². The highest BCUT2D eigenvalue weighted by molar-refractivity contribution is 6.00. The van der Waals surface area contributed by atoms with Crippen molar-refractivity contribution in [3.05, 3.63) is 77.1 Å². The molecular weight excluding hydrogens is 312 g/mol. The van der Waals surface area contributed by atoms with Gasteiger partial charge in [0.05, 0.1) is 29.7 Å². The van der Waals surface area contributed by atoms with Crippen LogP contribution in [0.5, 0.6) is 5.75 Å². The predicted octanol–water partition coefficient (Wildman–Crippen LogP) is 4.10. The van der Waals surface area contributed by atoms with Gasteiger partial charge in [-0.2, -0.15) is 5.10 Å². The van der Waals surface area contributed by atoms with Gasteiger partial charge in [0.1, 0.15) is 5.75 Å². The monoisotopic (exact) mass is 332 g/mol. The summed E-state index contributed by atoms with van der Waals surface area (Å²) >= 11 is 0. The second-order valence-corrected chi connectivity index (χ2v) is 6.46. The molecular formula is C21H20N2O2. The number of methoxy groups -OCH3 is 1. The summed E-state index contributed by atoms with van der Waals surface area (Å²) in [7, 11) is 1.66. The van der Waals surface area contributed by atoms with Gasteiger partial charge in [-0.05, 0) is 49.1 Å². The van der Waals surface area contributed by atoms with Crippen LogP contribution < -0.4 is 4.74 Å². The lowest BCUT2D eigenvalue weighted by atomic mass is 9.81. The molecule has 3 aromatic rings. The number of carbonyl (C=O) groups excluding carboxylic acids is 1. The first-order chi connectivity index (χ1) is 12.2. The predicted molar refractivity (Wildman–Crippen MR) is 96.7 cm³/mol. The van der Waals surface area contributed by atoms with Gasteiger partial charge in [-0.1, -0.05) is 30.3 Å². The summed E-state index contributed by atoms with van der Waals surface area (Å²) in [6.45, 7) is 1.92. The first kappa shape index (κ1) is 15.6. The fourth-order valence-corrected chi connectivity index (χ4v) is 3.65. The number of ether oxygens (including phenoxy) is 1. The van der Waals surface area contributed by atoms with Gasteiger partial charge in [-0.15, -0.1) is 0 Å². The molecule has 0 amide bonds. The maximum absolute atomic E-state index is 12.8. The molecule has 0 N–H and O–H groups in total. The SMILES string of the molecule is COc1ccc([C@@H]2CC(=O)c3c(C)nn(-c4ccccc4)c3C2)cc1. The van der Waals surface area contributed by atoms with E-state index in [0.29, 0.717) is 6.42 Å². The largest absolute Gasteiger partial charge is 0.497 e. The highest BCUT2D eigenvalue weighted by Gasteiger charge is 2.32. The summed E-state index contributed by atoms with van der Waals surface area (Å²) in [6, 6.07) is 18.0. The maximum Gasteiger partial charge on any atom is 0.167 e. The molecule has 1 aliphatic rings. The molecule has 4 nitrogen and oxygen atoms in total. The van der Waals surface area contributed by atoms with E-state index in [2.05, 4.69) is 17.2 Å². The number of carbonyl (C=O) groups is 1. The van der Waals surface area contributed by atoms with E-state index in [1.807, 2.05) is 54.1 Å². The van der Waals surface area contributed by atoms with Crippen LogP contribution in [0.15, 0.2) is 54.6 Å². The Morgan fingerprint density at radius 3 is 2.44 bits per heavy atom. The minimum atomic E-state index is 0.171. The lowest BCUT2D eigenvalue weighted by molar-refractivity contribution is 0.0963. The first-order valence-corrected chi connectivity index (χ1v) is 8.48. The fraction of sp³-hybridized carbons (Fsp3) is 0.238. The molecule has 4 heteroatoms. The number of Topliss-reactive ketones (excluding diaryl/α,β-unsaturated/α-hetero) is 1.